The van der Waals surface area contributed by atoms with Crippen molar-refractivity contribution in [2.75, 3.05) is 12.3 Å². The summed E-state index contributed by atoms with van der Waals surface area (Å²) in [5, 5.41) is 7.70. The Labute approximate surface area is 183 Å². The summed E-state index contributed by atoms with van der Waals surface area (Å²) in [7, 11) is 0. The summed E-state index contributed by atoms with van der Waals surface area (Å²) < 4.78 is 5.59. The first kappa shape index (κ1) is 22.1. The topological polar surface area (TPSA) is 62.5 Å². The summed E-state index contributed by atoms with van der Waals surface area (Å²) in [5.74, 6) is 2.70. The van der Waals surface area contributed by atoms with Gasteiger partial charge in [0, 0.05) is 23.4 Å². The van der Waals surface area contributed by atoms with E-state index in [9.17, 15) is 0 Å². The van der Waals surface area contributed by atoms with Gasteiger partial charge in [-0.2, -0.15) is 11.8 Å². The van der Waals surface area contributed by atoms with E-state index in [2.05, 4.69) is 41.2 Å². The van der Waals surface area contributed by atoms with E-state index in [-0.39, 0.29) is 24.0 Å². The van der Waals surface area contributed by atoms with Crippen molar-refractivity contribution in [1.82, 2.24) is 15.6 Å². The minimum Gasteiger partial charge on any atom is -0.444 e. The minimum atomic E-state index is 0. The molecule has 2 unspecified atom stereocenters. The van der Waals surface area contributed by atoms with Crippen LogP contribution in [0.2, 0.25) is 0 Å². The van der Waals surface area contributed by atoms with E-state index in [1.807, 2.05) is 30.3 Å². The maximum Gasteiger partial charge on any atom is 0.226 e. The lowest BCUT2D eigenvalue weighted by atomic mass is 10.2. The standard InChI is InChI=1S/C20H28N4OS.HI/c1-3-21-20(24-16-10-11-18(12-16)26-4-2)22-13-17-14-25-19(23-17)15-8-6-5-7-9-15;/h5-9,14,16,18H,3-4,10-13H2,1-2H3,(H2,21,22,24);1H. The summed E-state index contributed by atoms with van der Waals surface area (Å²) in [6, 6.07) is 10.4. The van der Waals surface area contributed by atoms with Crippen molar-refractivity contribution in [3.05, 3.63) is 42.3 Å². The molecule has 3 rings (SSSR count). The van der Waals surface area contributed by atoms with Crippen molar-refractivity contribution in [2.45, 2.75) is 50.9 Å². The van der Waals surface area contributed by atoms with Gasteiger partial charge in [0.2, 0.25) is 5.89 Å². The fourth-order valence-electron chi connectivity index (χ4n) is 3.22. The van der Waals surface area contributed by atoms with Gasteiger partial charge in [0.05, 0.1) is 6.54 Å². The lowest BCUT2D eigenvalue weighted by Crippen LogP contribution is -2.42. The van der Waals surface area contributed by atoms with Crippen molar-refractivity contribution in [3.63, 3.8) is 0 Å². The molecule has 2 atom stereocenters. The summed E-state index contributed by atoms with van der Waals surface area (Å²) >= 11 is 2.07. The van der Waals surface area contributed by atoms with Gasteiger partial charge in [0.15, 0.2) is 5.96 Å². The SMILES string of the molecule is CCNC(=NCc1coc(-c2ccccc2)n1)NC1CCC(SCC)C1.I. The first-order chi connectivity index (χ1) is 12.8. The van der Waals surface area contributed by atoms with E-state index >= 15 is 0 Å². The summed E-state index contributed by atoms with van der Waals surface area (Å²) in [5.41, 5.74) is 1.82. The molecule has 0 radical (unpaired) electrons. The molecule has 0 aliphatic heterocycles. The van der Waals surface area contributed by atoms with Crippen LogP contribution >= 0.6 is 35.7 Å². The van der Waals surface area contributed by atoms with Gasteiger partial charge in [0.1, 0.15) is 12.0 Å². The molecule has 1 aliphatic rings. The summed E-state index contributed by atoms with van der Waals surface area (Å²) in [6.07, 6.45) is 5.41. The van der Waals surface area contributed by atoms with Crippen molar-refractivity contribution in [1.29, 1.82) is 0 Å². The number of hydrogen-bond acceptors (Lipinski definition) is 4. The molecule has 27 heavy (non-hydrogen) atoms. The summed E-state index contributed by atoms with van der Waals surface area (Å²) in [6.45, 7) is 5.68. The number of hydrogen-bond donors (Lipinski definition) is 2. The number of benzene rings is 1. The quantitative estimate of drug-likeness (QED) is 0.328. The van der Waals surface area contributed by atoms with Crippen LogP contribution in [0.4, 0.5) is 0 Å². The van der Waals surface area contributed by atoms with E-state index in [0.717, 1.165) is 29.0 Å². The van der Waals surface area contributed by atoms with Crippen molar-refractivity contribution >= 4 is 41.7 Å². The molecule has 5 nitrogen and oxygen atoms in total. The van der Waals surface area contributed by atoms with Crippen LogP contribution in [0.5, 0.6) is 0 Å². The number of nitrogens with zero attached hydrogens (tertiary/aromatic N) is 2. The normalized spacial score (nSPS) is 19.6. The fraction of sp³-hybridized carbons (Fsp3) is 0.500. The Kier molecular flexibility index (Phi) is 9.47. The zero-order chi connectivity index (χ0) is 18.2. The molecule has 2 N–H and O–H groups in total. The Bertz CT molecular complexity index is 707. The highest BCUT2D eigenvalue weighted by Gasteiger charge is 2.25. The molecule has 0 amide bonds. The van der Waals surface area contributed by atoms with Crippen LogP contribution in [0.3, 0.4) is 0 Å². The highest BCUT2D eigenvalue weighted by atomic mass is 127. The highest BCUT2D eigenvalue weighted by Crippen LogP contribution is 2.29. The molecule has 7 heteroatoms. The number of halogens is 1. The third kappa shape index (κ3) is 6.71. The fourth-order valence-corrected chi connectivity index (χ4v) is 4.37. The number of rotatable bonds is 7. The van der Waals surface area contributed by atoms with Gasteiger partial charge in [-0.25, -0.2) is 9.98 Å². The highest BCUT2D eigenvalue weighted by molar-refractivity contribution is 14.0. The molecule has 1 fully saturated rings. The zero-order valence-electron chi connectivity index (χ0n) is 16.0. The smallest absolute Gasteiger partial charge is 0.226 e. The van der Waals surface area contributed by atoms with E-state index < -0.39 is 0 Å². The maximum atomic E-state index is 5.59. The van der Waals surface area contributed by atoms with Gasteiger partial charge in [-0.1, -0.05) is 25.1 Å². The molecule has 0 spiro atoms. The zero-order valence-corrected chi connectivity index (χ0v) is 19.1. The number of aliphatic imine (C=N–C) groups is 1. The van der Waals surface area contributed by atoms with E-state index in [4.69, 9.17) is 9.41 Å². The average molecular weight is 500 g/mol. The molecule has 0 bridgehead atoms. The lowest BCUT2D eigenvalue weighted by molar-refractivity contribution is 0.572. The van der Waals surface area contributed by atoms with Gasteiger partial charge in [0.25, 0.3) is 0 Å². The molecule has 2 aromatic rings. The molecule has 0 saturated heterocycles. The van der Waals surface area contributed by atoms with Crippen molar-refractivity contribution in [2.24, 2.45) is 4.99 Å². The predicted molar refractivity (Wildman–Crippen MR) is 125 cm³/mol. The van der Waals surface area contributed by atoms with Crippen LogP contribution in [0.1, 0.15) is 38.8 Å². The van der Waals surface area contributed by atoms with E-state index in [0.29, 0.717) is 18.5 Å². The second kappa shape index (κ2) is 11.6. The molecular weight excluding hydrogens is 471 g/mol. The van der Waals surface area contributed by atoms with Gasteiger partial charge in [-0.3, -0.25) is 0 Å². The lowest BCUT2D eigenvalue weighted by Gasteiger charge is -2.17. The second-order valence-corrected chi connectivity index (χ2v) is 8.01. The Balaban J connectivity index is 0.00000261. The first-order valence-corrected chi connectivity index (χ1v) is 10.5. The predicted octanol–water partition coefficient (Wildman–Crippen LogP) is 4.69. The van der Waals surface area contributed by atoms with E-state index in [1.54, 1.807) is 6.26 Å². The second-order valence-electron chi connectivity index (χ2n) is 6.44. The molecule has 1 aliphatic carbocycles. The maximum absolute atomic E-state index is 5.59. The van der Waals surface area contributed by atoms with Crippen LogP contribution in [-0.2, 0) is 6.54 Å². The number of oxazole rings is 1. The molecule has 1 aromatic carbocycles. The summed E-state index contributed by atoms with van der Waals surface area (Å²) in [4.78, 5) is 9.24. The van der Waals surface area contributed by atoms with E-state index in [1.165, 1.54) is 25.0 Å². The largest absolute Gasteiger partial charge is 0.444 e. The molecule has 1 aromatic heterocycles. The Morgan fingerprint density at radius 3 is 2.81 bits per heavy atom. The van der Waals surface area contributed by atoms with Crippen LogP contribution in [0, 0.1) is 0 Å². The van der Waals surface area contributed by atoms with Crippen LogP contribution < -0.4 is 10.6 Å². The minimum absolute atomic E-state index is 0. The van der Waals surface area contributed by atoms with Gasteiger partial charge >= 0.3 is 0 Å². The van der Waals surface area contributed by atoms with Crippen molar-refractivity contribution in [3.8, 4) is 11.5 Å². The molecule has 1 heterocycles. The first-order valence-electron chi connectivity index (χ1n) is 9.44. The molecule has 1 saturated carbocycles. The third-order valence-corrected chi connectivity index (χ3v) is 5.68. The van der Waals surface area contributed by atoms with Crippen LogP contribution in [0.25, 0.3) is 11.5 Å². The third-order valence-electron chi connectivity index (χ3n) is 4.44. The number of aromatic nitrogens is 1. The van der Waals surface area contributed by atoms with Gasteiger partial charge < -0.3 is 15.1 Å². The molecule has 148 valence electrons. The van der Waals surface area contributed by atoms with Crippen LogP contribution in [0.15, 0.2) is 46.0 Å². The number of guanidine groups is 1. The van der Waals surface area contributed by atoms with Crippen molar-refractivity contribution < 1.29 is 4.42 Å². The number of nitrogens with one attached hydrogen (secondary N) is 2. The number of thioether (sulfide) groups is 1. The van der Waals surface area contributed by atoms with Gasteiger partial charge in [-0.15, -0.1) is 24.0 Å². The average Bonchev–Trinajstić information content (AvgIpc) is 3.31. The Morgan fingerprint density at radius 1 is 1.26 bits per heavy atom. The van der Waals surface area contributed by atoms with Crippen LogP contribution in [-0.4, -0.2) is 34.5 Å². The monoisotopic (exact) mass is 500 g/mol. The van der Waals surface area contributed by atoms with Gasteiger partial charge in [-0.05, 0) is 44.1 Å². The Morgan fingerprint density at radius 2 is 2.07 bits per heavy atom. The molecular formula is C20H29IN4OS. The Hall–Kier alpha value is -1.22.